The van der Waals surface area contributed by atoms with Crippen LogP contribution < -0.4 is 0 Å². The maximum Gasteiger partial charge on any atom is 0.0404 e. The molecule has 0 aromatic rings. The highest BCUT2D eigenvalue weighted by atomic mass is 35.5. The molecule has 0 heterocycles. The van der Waals surface area contributed by atoms with Crippen molar-refractivity contribution >= 4 is 23.2 Å². The molecule has 0 radical (unpaired) electrons. The zero-order valence-electron chi connectivity index (χ0n) is 5.89. The van der Waals surface area contributed by atoms with Crippen molar-refractivity contribution < 1.29 is 0 Å². The number of hydrogen-bond donors (Lipinski definition) is 0. The number of unbranched alkanes of at least 4 members (excludes halogenated alkanes) is 1. The molecule has 0 aromatic carbocycles. The summed E-state index contributed by atoms with van der Waals surface area (Å²) in [4.78, 5) is 0. The third-order valence-electron chi connectivity index (χ3n) is 1.01. The van der Waals surface area contributed by atoms with Crippen LogP contribution in [0.4, 0.5) is 0 Å². The highest BCUT2D eigenvalue weighted by Gasteiger charge is 1.74. The van der Waals surface area contributed by atoms with Gasteiger partial charge >= 0.3 is 0 Å². The Balaban J connectivity index is 3.04. The Bertz CT molecular complexity index is 91.8. The number of hydrogen-bond acceptors (Lipinski definition) is 0. The van der Waals surface area contributed by atoms with Gasteiger partial charge in [-0.3, -0.25) is 0 Å². The molecular formula is C8H12Cl2. The molecular weight excluding hydrogens is 167 g/mol. The van der Waals surface area contributed by atoms with Crippen molar-refractivity contribution in [1.29, 1.82) is 0 Å². The normalized spacial score (nSPS) is 11.8. The molecule has 0 unspecified atom stereocenters. The summed E-state index contributed by atoms with van der Waals surface area (Å²) >= 11 is 10.8. The molecule has 0 saturated carbocycles. The maximum absolute atomic E-state index is 5.42. The van der Waals surface area contributed by atoms with Gasteiger partial charge in [-0.1, -0.05) is 24.3 Å². The Hall–Kier alpha value is 0.0600. The number of rotatable bonds is 5. The van der Waals surface area contributed by atoms with Gasteiger partial charge in [0.15, 0.2) is 0 Å². The van der Waals surface area contributed by atoms with E-state index in [-0.39, 0.29) is 0 Å². The van der Waals surface area contributed by atoms with Crippen molar-refractivity contribution in [3.05, 3.63) is 24.3 Å². The molecule has 0 aromatic heterocycles. The lowest BCUT2D eigenvalue weighted by Gasteiger charge is -1.84. The molecule has 10 heavy (non-hydrogen) atoms. The van der Waals surface area contributed by atoms with Gasteiger partial charge in [0, 0.05) is 11.8 Å². The smallest absolute Gasteiger partial charge is 0.0404 e. The monoisotopic (exact) mass is 178 g/mol. The van der Waals surface area contributed by atoms with E-state index >= 15 is 0 Å². The molecule has 0 saturated heterocycles. The molecule has 0 rings (SSSR count). The summed E-state index contributed by atoms with van der Waals surface area (Å²) < 4.78 is 0. The Morgan fingerprint density at radius 1 is 0.700 bits per heavy atom. The third-order valence-corrected chi connectivity index (χ3v) is 1.37. The fourth-order valence-corrected chi connectivity index (χ4v) is 0.806. The first-order valence-corrected chi connectivity index (χ1v) is 4.40. The second-order valence-electron chi connectivity index (χ2n) is 1.83. The highest BCUT2D eigenvalue weighted by Crippen LogP contribution is 1.93. The van der Waals surface area contributed by atoms with Crippen molar-refractivity contribution in [2.45, 2.75) is 12.8 Å². The lowest BCUT2D eigenvalue weighted by atomic mass is 10.3. The molecule has 0 bridgehead atoms. The molecule has 0 fully saturated rings. The molecule has 2 heteroatoms. The van der Waals surface area contributed by atoms with E-state index in [0.717, 1.165) is 12.8 Å². The number of alkyl halides is 2. The van der Waals surface area contributed by atoms with E-state index in [1.807, 2.05) is 12.2 Å². The van der Waals surface area contributed by atoms with Gasteiger partial charge in [0.2, 0.25) is 0 Å². The lowest BCUT2D eigenvalue weighted by Crippen LogP contribution is -1.66. The maximum atomic E-state index is 5.42. The molecule has 0 aliphatic rings. The summed E-state index contributed by atoms with van der Waals surface area (Å²) in [7, 11) is 0. The van der Waals surface area contributed by atoms with E-state index < -0.39 is 0 Å². The van der Waals surface area contributed by atoms with Gasteiger partial charge in [0.25, 0.3) is 0 Å². The Labute approximate surface area is 72.5 Å². The topological polar surface area (TPSA) is 0 Å². The molecule has 0 amide bonds. The van der Waals surface area contributed by atoms with Gasteiger partial charge in [-0.2, -0.15) is 0 Å². The van der Waals surface area contributed by atoms with Crippen LogP contribution in [0.2, 0.25) is 0 Å². The Morgan fingerprint density at radius 3 is 1.40 bits per heavy atom. The highest BCUT2D eigenvalue weighted by molar-refractivity contribution is 6.19. The van der Waals surface area contributed by atoms with E-state index in [2.05, 4.69) is 12.2 Å². The van der Waals surface area contributed by atoms with Crippen molar-refractivity contribution in [3.63, 3.8) is 0 Å². The number of allylic oxidation sites excluding steroid dienone is 4. The van der Waals surface area contributed by atoms with E-state index in [1.54, 1.807) is 0 Å². The van der Waals surface area contributed by atoms with Crippen LogP contribution in [0.1, 0.15) is 12.8 Å². The summed E-state index contributed by atoms with van der Waals surface area (Å²) in [6.07, 6.45) is 10.2. The van der Waals surface area contributed by atoms with E-state index in [9.17, 15) is 0 Å². The van der Waals surface area contributed by atoms with Gasteiger partial charge in [-0.05, 0) is 12.8 Å². The minimum Gasteiger partial charge on any atom is -0.122 e. The summed E-state index contributed by atoms with van der Waals surface area (Å²) in [5.74, 6) is 1.22. The van der Waals surface area contributed by atoms with Crippen LogP contribution in [0.25, 0.3) is 0 Å². The fraction of sp³-hybridized carbons (Fsp3) is 0.500. The number of halogens is 2. The standard InChI is InChI=1S/C8H12Cl2/c9-7-5-3-1-2-4-6-8-10/h3-6H,1-2,7-8H2/b5-3+,6-4+. The summed E-state index contributed by atoms with van der Waals surface area (Å²) in [6, 6.07) is 0. The lowest BCUT2D eigenvalue weighted by molar-refractivity contribution is 1.05. The first-order chi connectivity index (χ1) is 4.91. The fourth-order valence-electron chi connectivity index (χ4n) is 0.554. The predicted octanol–water partition coefficient (Wildman–Crippen LogP) is 3.36. The van der Waals surface area contributed by atoms with Crippen LogP contribution in [0.3, 0.4) is 0 Å². The second kappa shape index (κ2) is 9.06. The predicted molar refractivity (Wildman–Crippen MR) is 49.0 cm³/mol. The average Bonchev–Trinajstić information content (AvgIpc) is 1.97. The van der Waals surface area contributed by atoms with Crippen molar-refractivity contribution in [3.8, 4) is 0 Å². The minimum atomic E-state index is 0.610. The first-order valence-electron chi connectivity index (χ1n) is 3.33. The molecule has 58 valence electrons. The van der Waals surface area contributed by atoms with Crippen LogP contribution in [-0.4, -0.2) is 11.8 Å². The zero-order valence-corrected chi connectivity index (χ0v) is 7.41. The van der Waals surface area contributed by atoms with Crippen LogP contribution >= 0.6 is 23.2 Å². The third kappa shape index (κ3) is 8.06. The van der Waals surface area contributed by atoms with E-state index in [1.165, 1.54) is 0 Å². The van der Waals surface area contributed by atoms with Gasteiger partial charge in [0.1, 0.15) is 0 Å². The molecule has 0 atom stereocenters. The largest absolute Gasteiger partial charge is 0.122 e. The average molecular weight is 179 g/mol. The molecule has 0 spiro atoms. The van der Waals surface area contributed by atoms with Crippen molar-refractivity contribution in [2.75, 3.05) is 11.8 Å². The minimum absolute atomic E-state index is 0.610. The van der Waals surface area contributed by atoms with E-state index in [0.29, 0.717) is 11.8 Å². The SMILES string of the molecule is ClC/C=C/CC/C=C/CCl. The summed E-state index contributed by atoms with van der Waals surface area (Å²) in [5, 5.41) is 0. The molecule has 0 nitrogen and oxygen atoms in total. The first kappa shape index (κ1) is 10.1. The molecule has 0 N–H and O–H groups in total. The molecule has 0 aliphatic carbocycles. The van der Waals surface area contributed by atoms with Crippen molar-refractivity contribution in [2.24, 2.45) is 0 Å². The van der Waals surface area contributed by atoms with Crippen LogP contribution in [0.15, 0.2) is 24.3 Å². The van der Waals surface area contributed by atoms with Crippen LogP contribution in [0, 0.1) is 0 Å². The van der Waals surface area contributed by atoms with Gasteiger partial charge in [-0.15, -0.1) is 23.2 Å². The molecule has 0 aliphatic heterocycles. The van der Waals surface area contributed by atoms with Crippen LogP contribution in [-0.2, 0) is 0 Å². The van der Waals surface area contributed by atoms with Gasteiger partial charge in [-0.25, -0.2) is 0 Å². The van der Waals surface area contributed by atoms with Gasteiger partial charge < -0.3 is 0 Å². The zero-order chi connectivity index (χ0) is 7.66. The van der Waals surface area contributed by atoms with E-state index in [4.69, 9.17) is 23.2 Å². The Morgan fingerprint density at radius 2 is 1.10 bits per heavy atom. The second-order valence-corrected chi connectivity index (χ2v) is 2.45. The van der Waals surface area contributed by atoms with Gasteiger partial charge in [0.05, 0.1) is 0 Å². The quantitative estimate of drug-likeness (QED) is 0.345. The summed E-state index contributed by atoms with van der Waals surface area (Å²) in [5.41, 5.74) is 0. The van der Waals surface area contributed by atoms with Crippen LogP contribution in [0.5, 0.6) is 0 Å². The summed E-state index contributed by atoms with van der Waals surface area (Å²) in [6.45, 7) is 0. The van der Waals surface area contributed by atoms with Crippen molar-refractivity contribution in [1.82, 2.24) is 0 Å². The Kier molecular flexibility index (Phi) is 9.11.